The van der Waals surface area contributed by atoms with E-state index >= 15 is 0 Å². The third-order valence-corrected chi connectivity index (χ3v) is 3.43. The molecular formula is C16H15NO2. The van der Waals surface area contributed by atoms with Gasteiger partial charge in [0, 0.05) is 5.69 Å². The molecule has 1 amide bonds. The first-order valence-electron chi connectivity index (χ1n) is 6.31. The highest BCUT2D eigenvalue weighted by atomic mass is 16.3. The molecule has 0 saturated heterocycles. The fraction of sp³-hybridized carbons (Fsp3) is 0.188. The van der Waals surface area contributed by atoms with E-state index in [4.69, 9.17) is 0 Å². The highest BCUT2D eigenvalue weighted by molar-refractivity contribution is 5.99. The Morgan fingerprint density at radius 3 is 2.74 bits per heavy atom. The van der Waals surface area contributed by atoms with Crippen molar-refractivity contribution in [3.8, 4) is 0 Å². The normalized spacial score (nSPS) is 14.9. The molecular weight excluding hydrogens is 238 g/mol. The zero-order valence-corrected chi connectivity index (χ0v) is 10.7. The topological polar surface area (TPSA) is 49.3 Å². The second-order valence-corrected chi connectivity index (χ2v) is 4.96. The lowest BCUT2D eigenvalue weighted by atomic mass is 9.98. The largest absolute Gasteiger partial charge is 0.384 e. The van der Waals surface area contributed by atoms with Gasteiger partial charge in [-0.1, -0.05) is 42.0 Å². The molecule has 3 heteroatoms. The Morgan fingerprint density at radius 2 is 1.95 bits per heavy atom. The summed E-state index contributed by atoms with van der Waals surface area (Å²) in [5.41, 5.74) is 4.62. The minimum atomic E-state index is -0.652. The van der Waals surface area contributed by atoms with Crippen molar-refractivity contribution in [1.29, 1.82) is 0 Å². The van der Waals surface area contributed by atoms with Gasteiger partial charge in [0.15, 0.2) is 0 Å². The monoisotopic (exact) mass is 253 g/mol. The predicted molar refractivity (Wildman–Crippen MR) is 74.0 cm³/mol. The maximum absolute atomic E-state index is 11.3. The first-order valence-corrected chi connectivity index (χ1v) is 6.31. The lowest BCUT2D eigenvalue weighted by Crippen LogP contribution is -2.03. The molecule has 0 fully saturated rings. The van der Waals surface area contributed by atoms with Crippen LogP contribution in [0.2, 0.25) is 0 Å². The Kier molecular flexibility index (Phi) is 2.84. The van der Waals surface area contributed by atoms with Crippen LogP contribution < -0.4 is 5.32 Å². The molecule has 2 aromatic carbocycles. The molecule has 1 unspecified atom stereocenters. The van der Waals surface area contributed by atoms with Gasteiger partial charge in [-0.15, -0.1) is 0 Å². The first kappa shape index (κ1) is 11.9. The highest BCUT2D eigenvalue weighted by Crippen LogP contribution is 2.29. The van der Waals surface area contributed by atoms with Crippen LogP contribution in [0.4, 0.5) is 5.69 Å². The summed E-state index contributed by atoms with van der Waals surface area (Å²) in [6.45, 7) is 2.00. The standard InChI is InChI=1S/C16H15NO2/c1-10-3-2-4-11(7-10)16(19)12-5-6-14-13(8-12)9-15(18)17-14/h2-8,16,19H,9H2,1H3,(H,17,18). The van der Waals surface area contributed by atoms with Gasteiger partial charge >= 0.3 is 0 Å². The molecule has 3 nitrogen and oxygen atoms in total. The van der Waals surface area contributed by atoms with Gasteiger partial charge < -0.3 is 10.4 Å². The van der Waals surface area contributed by atoms with Crippen molar-refractivity contribution in [1.82, 2.24) is 0 Å². The van der Waals surface area contributed by atoms with E-state index in [0.29, 0.717) is 6.42 Å². The van der Waals surface area contributed by atoms with Crippen molar-refractivity contribution in [2.75, 3.05) is 5.32 Å². The van der Waals surface area contributed by atoms with Crippen LogP contribution in [0.3, 0.4) is 0 Å². The van der Waals surface area contributed by atoms with E-state index < -0.39 is 6.10 Å². The van der Waals surface area contributed by atoms with Crippen LogP contribution in [0.15, 0.2) is 42.5 Å². The van der Waals surface area contributed by atoms with Gasteiger partial charge in [-0.05, 0) is 29.7 Å². The lowest BCUT2D eigenvalue weighted by Gasteiger charge is -2.13. The van der Waals surface area contributed by atoms with Crippen molar-refractivity contribution >= 4 is 11.6 Å². The highest BCUT2D eigenvalue weighted by Gasteiger charge is 2.19. The number of benzene rings is 2. The molecule has 2 aromatic rings. The summed E-state index contributed by atoms with van der Waals surface area (Å²) in [4.78, 5) is 11.3. The van der Waals surface area contributed by atoms with Gasteiger partial charge in [0.2, 0.25) is 5.91 Å². The van der Waals surface area contributed by atoms with E-state index in [9.17, 15) is 9.90 Å². The van der Waals surface area contributed by atoms with Gasteiger partial charge in [-0.25, -0.2) is 0 Å². The number of amides is 1. The van der Waals surface area contributed by atoms with Crippen LogP contribution in [0.1, 0.15) is 28.4 Å². The molecule has 1 aliphatic rings. The second-order valence-electron chi connectivity index (χ2n) is 4.96. The average molecular weight is 253 g/mol. The van der Waals surface area contributed by atoms with Crippen LogP contribution in [0.25, 0.3) is 0 Å². The van der Waals surface area contributed by atoms with Crippen molar-refractivity contribution in [2.24, 2.45) is 0 Å². The Hall–Kier alpha value is -2.13. The molecule has 0 radical (unpaired) electrons. The van der Waals surface area contributed by atoms with Crippen LogP contribution in [0.5, 0.6) is 0 Å². The van der Waals surface area contributed by atoms with Crippen molar-refractivity contribution < 1.29 is 9.90 Å². The number of nitrogens with one attached hydrogen (secondary N) is 1. The second kappa shape index (κ2) is 4.52. The molecule has 0 aromatic heterocycles. The fourth-order valence-corrected chi connectivity index (χ4v) is 2.45. The Labute approximate surface area is 111 Å². The molecule has 96 valence electrons. The van der Waals surface area contributed by atoms with Crippen LogP contribution in [-0.4, -0.2) is 11.0 Å². The summed E-state index contributed by atoms with van der Waals surface area (Å²) < 4.78 is 0. The van der Waals surface area contributed by atoms with Gasteiger partial charge in [-0.2, -0.15) is 0 Å². The summed E-state index contributed by atoms with van der Waals surface area (Å²) >= 11 is 0. The first-order chi connectivity index (χ1) is 9.13. The van der Waals surface area contributed by atoms with Crippen LogP contribution in [0, 0.1) is 6.92 Å². The van der Waals surface area contributed by atoms with E-state index in [0.717, 1.165) is 27.9 Å². The number of aliphatic hydroxyl groups excluding tert-OH is 1. The van der Waals surface area contributed by atoms with Crippen LogP contribution in [-0.2, 0) is 11.2 Å². The number of hydrogen-bond donors (Lipinski definition) is 2. The Morgan fingerprint density at radius 1 is 1.16 bits per heavy atom. The number of rotatable bonds is 2. The Bertz CT molecular complexity index is 649. The maximum Gasteiger partial charge on any atom is 0.228 e. The summed E-state index contributed by atoms with van der Waals surface area (Å²) in [5.74, 6) is 0.0113. The zero-order chi connectivity index (χ0) is 13.4. The van der Waals surface area contributed by atoms with E-state index in [1.165, 1.54) is 0 Å². The van der Waals surface area contributed by atoms with E-state index in [1.54, 1.807) is 0 Å². The molecule has 1 atom stereocenters. The Balaban J connectivity index is 1.95. The molecule has 2 N–H and O–H groups in total. The molecule has 1 heterocycles. The van der Waals surface area contributed by atoms with Crippen molar-refractivity contribution in [3.05, 3.63) is 64.7 Å². The fourth-order valence-electron chi connectivity index (χ4n) is 2.45. The van der Waals surface area contributed by atoms with E-state index in [1.807, 2.05) is 49.4 Å². The quantitative estimate of drug-likeness (QED) is 0.864. The summed E-state index contributed by atoms with van der Waals surface area (Å²) in [5, 5.41) is 13.2. The molecule has 0 aliphatic carbocycles. The van der Waals surface area contributed by atoms with E-state index in [2.05, 4.69) is 5.32 Å². The van der Waals surface area contributed by atoms with E-state index in [-0.39, 0.29) is 5.91 Å². The molecule has 19 heavy (non-hydrogen) atoms. The molecule has 1 aliphatic heterocycles. The van der Waals surface area contributed by atoms with Gasteiger partial charge in [0.1, 0.15) is 6.10 Å². The maximum atomic E-state index is 11.3. The minimum absolute atomic E-state index is 0.0113. The third-order valence-electron chi connectivity index (χ3n) is 3.43. The van der Waals surface area contributed by atoms with Gasteiger partial charge in [-0.3, -0.25) is 4.79 Å². The summed E-state index contributed by atoms with van der Waals surface area (Å²) in [6.07, 6.45) is -0.259. The lowest BCUT2D eigenvalue weighted by molar-refractivity contribution is -0.115. The van der Waals surface area contributed by atoms with Gasteiger partial charge in [0.25, 0.3) is 0 Å². The number of hydrogen-bond acceptors (Lipinski definition) is 2. The number of carbonyl (C=O) groups excluding carboxylic acids is 1. The number of aryl methyl sites for hydroxylation is 1. The van der Waals surface area contributed by atoms with Crippen LogP contribution >= 0.6 is 0 Å². The molecule has 0 spiro atoms. The number of carbonyl (C=O) groups is 1. The van der Waals surface area contributed by atoms with Gasteiger partial charge in [0.05, 0.1) is 6.42 Å². The molecule has 0 bridgehead atoms. The zero-order valence-electron chi connectivity index (χ0n) is 10.7. The average Bonchev–Trinajstić information content (AvgIpc) is 2.76. The van der Waals surface area contributed by atoms with Crippen molar-refractivity contribution in [3.63, 3.8) is 0 Å². The number of fused-ring (bicyclic) bond motifs is 1. The summed E-state index contributed by atoms with van der Waals surface area (Å²) in [6, 6.07) is 13.4. The predicted octanol–water partition coefficient (Wildman–Crippen LogP) is 2.57. The summed E-state index contributed by atoms with van der Waals surface area (Å²) in [7, 11) is 0. The third kappa shape index (κ3) is 2.25. The minimum Gasteiger partial charge on any atom is -0.384 e. The number of aliphatic hydroxyl groups is 1. The van der Waals surface area contributed by atoms with Crippen molar-refractivity contribution in [2.45, 2.75) is 19.4 Å². The molecule has 3 rings (SSSR count). The molecule has 0 saturated carbocycles. The SMILES string of the molecule is Cc1cccc(C(O)c2ccc3c(c2)CC(=O)N3)c1. The number of anilines is 1. The smallest absolute Gasteiger partial charge is 0.228 e.